The van der Waals surface area contributed by atoms with Crippen LogP contribution in [0, 0.1) is 0 Å². The van der Waals surface area contributed by atoms with Gasteiger partial charge in [-0.2, -0.15) is 11.8 Å². The molecule has 2 nitrogen and oxygen atoms in total. The molecule has 1 aliphatic heterocycles. The molecular weight excluding hydrogens is 254 g/mol. The van der Waals surface area contributed by atoms with Crippen molar-refractivity contribution >= 4 is 11.8 Å². The highest BCUT2D eigenvalue weighted by Crippen LogP contribution is 2.43. The molecule has 0 amide bonds. The Balaban J connectivity index is 1.43. The zero-order valence-corrected chi connectivity index (χ0v) is 13.1. The lowest BCUT2D eigenvalue weighted by atomic mass is 9.98. The molecule has 0 bridgehead atoms. The second-order valence-corrected chi connectivity index (χ2v) is 8.12. The first-order chi connectivity index (χ1) is 9.31. The molecule has 0 aromatic carbocycles. The third-order valence-corrected chi connectivity index (χ3v) is 6.62. The van der Waals surface area contributed by atoms with Gasteiger partial charge in [-0.05, 0) is 44.3 Å². The third-order valence-electron chi connectivity index (χ3n) is 5.29. The van der Waals surface area contributed by atoms with Gasteiger partial charge < -0.3 is 10.1 Å². The van der Waals surface area contributed by atoms with E-state index in [0.717, 1.165) is 17.8 Å². The van der Waals surface area contributed by atoms with Crippen LogP contribution in [0.5, 0.6) is 0 Å². The largest absolute Gasteiger partial charge is 0.370 e. The van der Waals surface area contributed by atoms with Gasteiger partial charge in [0.2, 0.25) is 0 Å². The van der Waals surface area contributed by atoms with Crippen molar-refractivity contribution in [3.05, 3.63) is 0 Å². The summed E-state index contributed by atoms with van der Waals surface area (Å²) in [6.07, 6.45) is 12.7. The van der Waals surface area contributed by atoms with Gasteiger partial charge in [-0.25, -0.2) is 0 Å². The third kappa shape index (κ3) is 3.30. The first-order valence-corrected chi connectivity index (χ1v) is 9.39. The van der Waals surface area contributed by atoms with Crippen molar-refractivity contribution in [2.75, 3.05) is 12.3 Å². The molecule has 3 fully saturated rings. The fraction of sp³-hybridized carbons (Fsp3) is 1.00. The summed E-state index contributed by atoms with van der Waals surface area (Å²) in [6.45, 7) is 3.37. The minimum Gasteiger partial charge on any atom is -0.370 e. The van der Waals surface area contributed by atoms with Gasteiger partial charge in [0.25, 0.3) is 0 Å². The van der Waals surface area contributed by atoms with Crippen molar-refractivity contribution in [2.45, 2.75) is 87.7 Å². The Kier molecular flexibility index (Phi) is 4.76. The van der Waals surface area contributed by atoms with Crippen LogP contribution in [0.4, 0.5) is 0 Å². The summed E-state index contributed by atoms with van der Waals surface area (Å²) in [4.78, 5) is 0. The second-order valence-electron chi connectivity index (χ2n) is 6.61. The summed E-state index contributed by atoms with van der Waals surface area (Å²) < 4.78 is 6.40. The van der Waals surface area contributed by atoms with Crippen LogP contribution in [-0.4, -0.2) is 35.3 Å². The van der Waals surface area contributed by atoms with Crippen molar-refractivity contribution in [1.29, 1.82) is 0 Å². The maximum absolute atomic E-state index is 6.40. The summed E-state index contributed by atoms with van der Waals surface area (Å²) in [5.41, 5.74) is 0.305. The van der Waals surface area contributed by atoms with Gasteiger partial charge in [0.1, 0.15) is 0 Å². The quantitative estimate of drug-likeness (QED) is 0.830. The van der Waals surface area contributed by atoms with E-state index in [0.29, 0.717) is 11.7 Å². The molecule has 3 atom stereocenters. The summed E-state index contributed by atoms with van der Waals surface area (Å²) in [5.74, 6) is 1.26. The van der Waals surface area contributed by atoms with Crippen molar-refractivity contribution in [2.24, 2.45) is 0 Å². The molecule has 3 aliphatic rings. The van der Waals surface area contributed by atoms with E-state index in [1.807, 2.05) is 0 Å². The lowest BCUT2D eigenvalue weighted by Crippen LogP contribution is -2.40. The standard InChI is InChI=1S/C16H29NOS/c1-2-19-15-7-5-6-14(15)17-12-13-8-11-16(18-13)9-3-4-10-16/h13-15,17H,2-12H2,1H3. The van der Waals surface area contributed by atoms with E-state index >= 15 is 0 Å². The van der Waals surface area contributed by atoms with Gasteiger partial charge in [-0.15, -0.1) is 0 Å². The van der Waals surface area contributed by atoms with Gasteiger partial charge >= 0.3 is 0 Å². The van der Waals surface area contributed by atoms with Crippen LogP contribution in [0.15, 0.2) is 0 Å². The predicted octanol–water partition coefficient (Wildman–Crippen LogP) is 3.74. The maximum Gasteiger partial charge on any atom is 0.0708 e. The van der Waals surface area contributed by atoms with E-state index in [4.69, 9.17) is 4.74 Å². The average Bonchev–Trinajstić information content (AvgIpc) is 3.12. The molecule has 19 heavy (non-hydrogen) atoms. The number of thioether (sulfide) groups is 1. The maximum atomic E-state index is 6.40. The number of hydrogen-bond donors (Lipinski definition) is 1. The first kappa shape index (κ1) is 14.2. The molecule has 1 N–H and O–H groups in total. The molecular formula is C16H29NOS. The minimum atomic E-state index is 0.305. The number of hydrogen-bond acceptors (Lipinski definition) is 3. The Bertz CT molecular complexity index is 290. The van der Waals surface area contributed by atoms with Crippen LogP contribution in [0.2, 0.25) is 0 Å². The Labute approximate surface area is 122 Å². The molecule has 0 aromatic rings. The molecule has 1 spiro atoms. The van der Waals surface area contributed by atoms with Crippen LogP contribution >= 0.6 is 11.8 Å². The van der Waals surface area contributed by atoms with Crippen molar-refractivity contribution in [3.63, 3.8) is 0 Å². The van der Waals surface area contributed by atoms with Crippen molar-refractivity contribution in [1.82, 2.24) is 5.32 Å². The van der Waals surface area contributed by atoms with Gasteiger partial charge in [0, 0.05) is 17.8 Å². The topological polar surface area (TPSA) is 21.3 Å². The molecule has 3 unspecified atom stereocenters. The van der Waals surface area contributed by atoms with Gasteiger partial charge in [0.05, 0.1) is 11.7 Å². The second kappa shape index (κ2) is 6.36. The zero-order chi connectivity index (χ0) is 13.1. The molecule has 3 rings (SSSR count). The van der Waals surface area contributed by atoms with E-state index < -0.39 is 0 Å². The summed E-state index contributed by atoms with van der Waals surface area (Å²) in [7, 11) is 0. The summed E-state index contributed by atoms with van der Waals surface area (Å²) in [6, 6.07) is 0.744. The highest BCUT2D eigenvalue weighted by atomic mass is 32.2. The first-order valence-electron chi connectivity index (χ1n) is 8.34. The number of ether oxygens (including phenoxy) is 1. The molecule has 0 radical (unpaired) electrons. The highest BCUT2D eigenvalue weighted by molar-refractivity contribution is 7.99. The van der Waals surface area contributed by atoms with Crippen molar-refractivity contribution in [3.8, 4) is 0 Å². The normalized spacial score (nSPS) is 37.4. The van der Waals surface area contributed by atoms with E-state index in [9.17, 15) is 0 Å². The molecule has 0 aromatic heterocycles. The fourth-order valence-corrected chi connectivity index (χ4v) is 5.51. The predicted molar refractivity (Wildman–Crippen MR) is 82.9 cm³/mol. The van der Waals surface area contributed by atoms with Crippen LogP contribution in [0.25, 0.3) is 0 Å². The molecule has 110 valence electrons. The van der Waals surface area contributed by atoms with Crippen LogP contribution < -0.4 is 5.32 Å². The molecule has 2 saturated carbocycles. The Morgan fingerprint density at radius 1 is 1.11 bits per heavy atom. The monoisotopic (exact) mass is 283 g/mol. The minimum absolute atomic E-state index is 0.305. The smallest absolute Gasteiger partial charge is 0.0708 e. The average molecular weight is 283 g/mol. The fourth-order valence-electron chi connectivity index (χ4n) is 4.28. The zero-order valence-electron chi connectivity index (χ0n) is 12.3. The van der Waals surface area contributed by atoms with Crippen molar-refractivity contribution < 1.29 is 4.74 Å². The van der Waals surface area contributed by atoms with E-state index in [1.54, 1.807) is 0 Å². The summed E-state index contributed by atoms with van der Waals surface area (Å²) in [5, 5.41) is 4.67. The Hall–Kier alpha value is 0.270. The van der Waals surface area contributed by atoms with Gasteiger partial charge in [-0.1, -0.05) is 26.2 Å². The van der Waals surface area contributed by atoms with Crippen LogP contribution in [-0.2, 0) is 4.74 Å². The summed E-state index contributed by atoms with van der Waals surface area (Å²) >= 11 is 2.14. The molecule has 1 saturated heterocycles. The Morgan fingerprint density at radius 3 is 2.74 bits per heavy atom. The van der Waals surface area contributed by atoms with E-state index in [-0.39, 0.29) is 0 Å². The lowest BCUT2D eigenvalue weighted by molar-refractivity contribution is -0.0357. The van der Waals surface area contributed by atoms with Crippen LogP contribution in [0.3, 0.4) is 0 Å². The number of rotatable bonds is 5. The lowest BCUT2D eigenvalue weighted by Gasteiger charge is -2.26. The molecule has 2 aliphatic carbocycles. The molecule has 1 heterocycles. The van der Waals surface area contributed by atoms with Crippen LogP contribution in [0.1, 0.15) is 64.7 Å². The molecule has 3 heteroatoms. The van der Waals surface area contributed by atoms with E-state index in [2.05, 4.69) is 24.0 Å². The SMILES string of the molecule is CCSC1CCCC1NCC1CCC2(CCCC2)O1. The van der Waals surface area contributed by atoms with Gasteiger partial charge in [-0.3, -0.25) is 0 Å². The Morgan fingerprint density at radius 2 is 1.95 bits per heavy atom. The highest BCUT2D eigenvalue weighted by Gasteiger charge is 2.42. The number of nitrogens with one attached hydrogen (secondary N) is 1. The van der Waals surface area contributed by atoms with E-state index in [1.165, 1.54) is 63.5 Å². The van der Waals surface area contributed by atoms with Gasteiger partial charge in [0.15, 0.2) is 0 Å².